The highest BCUT2D eigenvalue weighted by Gasteiger charge is 2.24. The maximum atomic E-state index is 13.2. The number of amides is 2. The molecule has 0 bridgehead atoms. The smallest absolute Gasteiger partial charge is 0.408 e. The lowest BCUT2D eigenvalue weighted by Gasteiger charge is -2.23. The number of esters is 1. The highest BCUT2D eigenvalue weighted by Crippen LogP contribution is 2.09. The minimum Gasteiger partial charge on any atom is -0.463 e. The second-order valence-corrected chi connectivity index (χ2v) is 8.30. The van der Waals surface area contributed by atoms with Crippen LogP contribution in [0, 0.1) is 5.92 Å². The van der Waals surface area contributed by atoms with Gasteiger partial charge in [-0.3, -0.25) is 4.79 Å². The summed E-state index contributed by atoms with van der Waals surface area (Å²) in [5.41, 5.74) is 1.75. The van der Waals surface area contributed by atoms with Crippen LogP contribution < -0.4 is 10.6 Å². The van der Waals surface area contributed by atoms with E-state index in [2.05, 4.69) is 10.6 Å². The molecule has 0 heterocycles. The summed E-state index contributed by atoms with van der Waals surface area (Å²) in [4.78, 5) is 37.4. The van der Waals surface area contributed by atoms with Crippen LogP contribution in [-0.4, -0.2) is 36.7 Å². The molecule has 0 aliphatic carbocycles. The van der Waals surface area contributed by atoms with Crippen LogP contribution in [-0.2, 0) is 32.1 Å². The van der Waals surface area contributed by atoms with E-state index in [1.54, 1.807) is 13.0 Å². The average Bonchev–Trinajstić information content (AvgIpc) is 2.82. The van der Waals surface area contributed by atoms with Crippen molar-refractivity contribution in [2.24, 2.45) is 5.92 Å². The van der Waals surface area contributed by atoms with E-state index < -0.39 is 24.1 Å². The number of nitrogens with one attached hydrogen (secondary N) is 2. The second-order valence-electron chi connectivity index (χ2n) is 8.30. The summed E-state index contributed by atoms with van der Waals surface area (Å²) < 4.78 is 10.2. The Morgan fingerprint density at radius 1 is 0.882 bits per heavy atom. The molecular weight excluding hydrogens is 432 g/mol. The third-order valence-corrected chi connectivity index (χ3v) is 4.91. The maximum Gasteiger partial charge on any atom is 0.408 e. The summed E-state index contributed by atoms with van der Waals surface area (Å²) in [7, 11) is 0. The van der Waals surface area contributed by atoms with Crippen molar-refractivity contribution in [2.45, 2.75) is 52.3 Å². The Morgan fingerprint density at radius 2 is 1.50 bits per heavy atom. The van der Waals surface area contributed by atoms with Gasteiger partial charge in [-0.1, -0.05) is 80.6 Å². The van der Waals surface area contributed by atoms with Gasteiger partial charge in [0.15, 0.2) is 0 Å². The number of rotatable bonds is 12. The predicted molar refractivity (Wildman–Crippen MR) is 131 cm³/mol. The molecule has 182 valence electrons. The minimum atomic E-state index is -0.851. The first-order chi connectivity index (χ1) is 16.4. The minimum absolute atomic E-state index is 0.102. The van der Waals surface area contributed by atoms with Crippen molar-refractivity contribution in [3.63, 3.8) is 0 Å². The largest absolute Gasteiger partial charge is 0.463 e. The third-order valence-electron chi connectivity index (χ3n) is 4.91. The molecule has 34 heavy (non-hydrogen) atoms. The van der Waals surface area contributed by atoms with Gasteiger partial charge in [-0.2, -0.15) is 0 Å². The zero-order valence-corrected chi connectivity index (χ0v) is 20.0. The van der Waals surface area contributed by atoms with Gasteiger partial charge >= 0.3 is 12.1 Å². The molecule has 2 aromatic rings. The van der Waals surface area contributed by atoms with Gasteiger partial charge in [-0.05, 0) is 30.4 Å². The molecule has 0 saturated heterocycles. The summed E-state index contributed by atoms with van der Waals surface area (Å²) in [5.74, 6) is -0.554. The fourth-order valence-corrected chi connectivity index (χ4v) is 3.33. The standard InChI is InChI=1S/C27H34N2O5/c1-4-33-25(30)16-15-23(17-20(2)3)28-26(31)24(18-21-11-7-5-8-12-21)29-27(32)34-19-22-13-9-6-10-14-22/h5-16,20,23-24H,4,17-19H2,1-3H3,(H,28,31)(H,29,32)/b16-15+. The highest BCUT2D eigenvalue weighted by molar-refractivity contribution is 5.86. The number of carbonyl (C=O) groups is 3. The van der Waals surface area contributed by atoms with Crippen LogP contribution in [0.2, 0.25) is 0 Å². The topological polar surface area (TPSA) is 93.7 Å². The van der Waals surface area contributed by atoms with Crippen LogP contribution in [0.5, 0.6) is 0 Å². The highest BCUT2D eigenvalue weighted by atomic mass is 16.5. The first-order valence-corrected chi connectivity index (χ1v) is 11.5. The summed E-state index contributed by atoms with van der Waals surface area (Å²) >= 11 is 0. The fourth-order valence-electron chi connectivity index (χ4n) is 3.33. The molecule has 2 rings (SSSR count). The molecule has 0 spiro atoms. The zero-order valence-electron chi connectivity index (χ0n) is 20.0. The van der Waals surface area contributed by atoms with Gasteiger partial charge in [0.05, 0.1) is 6.61 Å². The van der Waals surface area contributed by atoms with Crippen molar-refractivity contribution in [1.82, 2.24) is 10.6 Å². The molecule has 0 aromatic heterocycles. The lowest BCUT2D eigenvalue weighted by Crippen LogP contribution is -2.50. The van der Waals surface area contributed by atoms with E-state index in [9.17, 15) is 14.4 Å². The molecule has 2 unspecified atom stereocenters. The lowest BCUT2D eigenvalue weighted by atomic mass is 10.0. The van der Waals surface area contributed by atoms with Gasteiger partial charge in [0.2, 0.25) is 5.91 Å². The van der Waals surface area contributed by atoms with Crippen molar-refractivity contribution in [2.75, 3.05) is 6.61 Å². The Morgan fingerprint density at radius 3 is 2.09 bits per heavy atom. The van der Waals surface area contributed by atoms with Gasteiger partial charge in [-0.15, -0.1) is 0 Å². The third kappa shape index (κ3) is 10.3. The van der Waals surface area contributed by atoms with Gasteiger partial charge in [-0.25, -0.2) is 9.59 Å². The summed E-state index contributed by atoms with van der Waals surface area (Å²) in [6.07, 6.45) is 3.19. The van der Waals surface area contributed by atoms with Gasteiger partial charge < -0.3 is 20.1 Å². The normalized spacial score (nSPS) is 12.7. The van der Waals surface area contributed by atoms with E-state index in [0.717, 1.165) is 11.1 Å². The van der Waals surface area contributed by atoms with Gasteiger partial charge in [0.1, 0.15) is 12.6 Å². The van der Waals surface area contributed by atoms with Crippen LogP contribution in [0.4, 0.5) is 4.79 Å². The summed E-state index contributed by atoms with van der Waals surface area (Å²) in [6.45, 7) is 6.16. The Balaban J connectivity index is 2.09. The SMILES string of the molecule is CCOC(=O)/C=C/C(CC(C)C)NC(=O)C(Cc1ccccc1)NC(=O)OCc1ccccc1. The van der Waals surface area contributed by atoms with Crippen molar-refractivity contribution in [3.05, 3.63) is 83.9 Å². The van der Waals surface area contributed by atoms with Gasteiger partial charge in [0.25, 0.3) is 0 Å². The number of ether oxygens (including phenoxy) is 2. The van der Waals surface area contributed by atoms with Gasteiger partial charge in [0, 0.05) is 18.5 Å². The average molecular weight is 467 g/mol. The van der Waals surface area contributed by atoms with Crippen LogP contribution in [0.25, 0.3) is 0 Å². The molecule has 0 saturated carbocycles. The van der Waals surface area contributed by atoms with Crippen molar-refractivity contribution in [3.8, 4) is 0 Å². The summed E-state index contributed by atoms with van der Waals surface area (Å²) in [5, 5.41) is 5.63. The van der Waals surface area contributed by atoms with Crippen LogP contribution in [0.1, 0.15) is 38.3 Å². The number of alkyl carbamates (subject to hydrolysis) is 1. The Kier molecular flexibility index (Phi) is 11.4. The van der Waals surface area contributed by atoms with E-state index in [0.29, 0.717) is 12.8 Å². The van der Waals surface area contributed by atoms with Crippen LogP contribution in [0.3, 0.4) is 0 Å². The van der Waals surface area contributed by atoms with E-state index in [-0.39, 0.29) is 25.0 Å². The number of hydrogen-bond acceptors (Lipinski definition) is 5. The van der Waals surface area contributed by atoms with E-state index in [1.165, 1.54) is 6.08 Å². The van der Waals surface area contributed by atoms with Crippen molar-refractivity contribution in [1.29, 1.82) is 0 Å². The second kappa shape index (κ2) is 14.5. The lowest BCUT2D eigenvalue weighted by molar-refractivity contribution is -0.137. The summed E-state index contributed by atoms with van der Waals surface area (Å²) in [6, 6.07) is 17.5. The Labute approximate surface area is 201 Å². The quantitative estimate of drug-likeness (QED) is 0.362. The molecule has 0 aliphatic rings. The van der Waals surface area contributed by atoms with Crippen molar-refractivity contribution < 1.29 is 23.9 Å². The Bertz CT molecular complexity index is 929. The fraction of sp³-hybridized carbons (Fsp3) is 0.370. The number of hydrogen-bond donors (Lipinski definition) is 2. The van der Waals surface area contributed by atoms with E-state index >= 15 is 0 Å². The molecule has 2 amide bonds. The maximum absolute atomic E-state index is 13.2. The Hall–Kier alpha value is -3.61. The monoisotopic (exact) mass is 466 g/mol. The molecule has 0 aliphatic heterocycles. The molecular formula is C27H34N2O5. The molecule has 2 N–H and O–H groups in total. The zero-order chi connectivity index (χ0) is 24.8. The molecule has 0 fully saturated rings. The first-order valence-electron chi connectivity index (χ1n) is 11.5. The van der Waals surface area contributed by atoms with E-state index in [4.69, 9.17) is 9.47 Å². The molecule has 2 atom stereocenters. The molecule has 0 radical (unpaired) electrons. The number of carbonyl (C=O) groups excluding carboxylic acids is 3. The predicted octanol–water partition coefficient (Wildman–Crippen LogP) is 4.17. The van der Waals surface area contributed by atoms with Crippen molar-refractivity contribution >= 4 is 18.0 Å². The number of benzene rings is 2. The molecule has 7 nitrogen and oxygen atoms in total. The van der Waals surface area contributed by atoms with Crippen LogP contribution >= 0.6 is 0 Å². The molecule has 2 aromatic carbocycles. The molecule has 7 heteroatoms. The van der Waals surface area contributed by atoms with E-state index in [1.807, 2.05) is 74.5 Å². The first kappa shape index (κ1) is 26.6. The van der Waals surface area contributed by atoms with Crippen LogP contribution in [0.15, 0.2) is 72.8 Å².